The Hall–Kier alpha value is -2.36. The summed E-state index contributed by atoms with van der Waals surface area (Å²) in [6.07, 6.45) is 4.69. The van der Waals surface area contributed by atoms with E-state index in [2.05, 4.69) is 18.9 Å². The van der Waals surface area contributed by atoms with Crippen molar-refractivity contribution in [3.8, 4) is 5.69 Å². The number of carboxylic acid groups (broad SMARTS) is 1. The van der Waals surface area contributed by atoms with E-state index in [1.54, 1.807) is 6.08 Å². The van der Waals surface area contributed by atoms with Gasteiger partial charge in [0.1, 0.15) is 0 Å². The minimum Gasteiger partial charge on any atom is -0.478 e. The second-order valence-corrected chi connectivity index (χ2v) is 5.05. The molecule has 0 aliphatic heterocycles. The van der Waals surface area contributed by atoms with Gasteiger partial charge in [0.2, 0.25) is 0 Å². The van der Waals surface area contributed by atoms with Crippen molar-refractivity contribution in [2.24, 2.45) is 0 Å². The van der Waals surface area contributed by atoms with Gasteiger partial charge in [-0.3, -0.25) is 0 Å². The number of nitrogens with zero attached hydrogens (tertiary/aromatic N) is 2. The molecule has 0 saturated heterocycles. The van der Waals surface area contributed by atoms with Crippen molar-refractivity contribution in [3.05, 3.63) is 53.4 Å². The fourth-order valence-corrected chi connectivity index (χ4v) is 1.94. The van der Waals surface area contributed by atoms with Crippen LogP contribution in [0.3, 0.4) is 0 Å². The lowest BCUT2D eigenvalue weighted by molar-refractivity contribution is -0.131. The van der Waals surface area contributed by atoms with Crippen LogP contribution in [0, 0.1) is 6.92 Å². The van der Waals surface area contributed by atoms with Crippen molar-refractivity contribution in [1.29, 1.82) is 0 Å². The Balaban J connectivity index is 2.30. The van der Waals surface area contributed by atoms with Crippen LogP contribution in [0.5, 0.6) is 0 Å². The van der Waals surface area contributed by atoms with Crippen molar-refractivity contribution < 1.29 is 9.90 Å². The second-order valence-electron chi connectivity index (χ2n) is 5.05. The smallest absolute Gasteiger partial charge is 0.328 e. The molecule has 0 radical (unpaired) electrons. The summed E-state index contributed by atoms with van der Waals surface area (Å²) in [4.78, 5) is 10.5. The van der Waals surface area contributed by atoms with Crippen molar-refractivity contribution in [2.45, 2.75) is 26.7 Å². The number of aliphatic carboxylic acids is 1. The topological polar surface area (TPSA) is 55.1 Å². The lowest BCUT2D eigenvalue weighted by Crippen LogP contribution is -1.98. The number of aromatic nitrogens is 2. The monoisotopic (exact) mass is 270 g/mol. The lowest BCUT2D eigenvalue weighted by atomic mass is 10.1. The fourth-order valence-electron chi connectivity index (χ4n) is 1.94. The first-order valence-electron chi connectivity index (χ1n) is 6.55. The van der Waals surface area contributed by atoms with Crippen LogP contribution in [-0.4, -0.2) is 20.9 Å². The SMILES string of the molecule is Cc1cc(-n2ccc(C(C)C)n2)ccc1C=CC(=O)O. The molecule has 1 aromatic carbocycles. The number of hydrogen-bond donors (Lipinski definition) is 1. The minimum absolute atomic E-state index is 0.398. The molecule has 0 saturated carbocycles. The molecule has 4 nitrogen and oxygen atoms in total. The van der Waals surface area contributed by atoms with Gasteiger partial charge in [0, 0.05) is 12.3 Å². The molecule has 104 valence electrons. The molecule has 0 atom stereocenters. The van der Waals surface area contributed by atoms with Crippen molar-refractivity contribution in [1.82, 2.24) is 9.78 Å². The van der Waals surface area contributed by atoms with Gasteiger partial charge in [-0.05, 0) is 48.2 Å². The van der Waals surface area contributed by atoms with Crippen LogP contribution in [0.25, 0.3) is 11.8 Å². The van der Waals surface area contributed by atoms with Gasteiger partial charge in [0.15, 0.2) is 0 Å². The van der Waals surface area contributed by atoms with Crippen molar-refractivity contribution >= 4 is 12.0 Å². The summed E-state index contributed by atoms with van der Waals surface area (Å²) in [6.45, 7) is 6.17. The number of benzene rings is 1. The molecular formula is C16H18N2O2. The molecule has 1 heterocycles. The predicted octanol–water partition coefficient (Wildman–Crippen LogP) is 3.40. The van der Waals surface area contributed by atoms with Crippen LogP contribution in [-0.2, 0) is 4.79 Å². The van der Waals surface area contributed by atoms with E-state index in [0.717, 1.165) is 28.6 Å². The molecule has 0 amide bonds. The molecule has 1 aromatic heterocycles. The van der Waals surface area contributed by atoms with Crippen LogP contribution in [0.4, 0.5) is 0 Å². The third-order valence-electron chi connectivity index (χ3n) is 3.12. The molecular weight excluding hydrogens is 252 g/mol. The van der Waals surface area contributed by atoms with E-state index >= 15 is 0 Å². The Morgan fingerprint density at radius 2 is 2.10 bits per heavy atom. The molecule has 0 fully saturated rings. The van der Waals surface area contributed by atoms with E-state index in [-0.39, 0.29) is 0 Å². The van der Waals surface area contributed by atoms with Crippen LogP contribution in [0.2, 0.25) is 0 Å². The zero-order valence-corrected chi connectivity index (χ0v) is 11.9. The summed E-state index contributed by atoms with van der Waals surface area (Å²) in [7, 11) is 0. The molecule has 0 aliphatic carbocycles. The van der Waals surface area contributed by atoms with Crippen LogP contribution >= 0.6 is 0 Å². The van der Waals surface area contributed by atoms with Crippen LogP contribution < -0.4 is 0 Å². The average molecular weight is 270 g/mol. The summed E-state index contributed by atoms with van der Waals surface area (Å²) in [5, 5.41) is 13.2. The van der Waals surface area contributed by atoms with E-state index in [9.17, 15) is 4.79 Å². The van der Waals surface area contributed by atoms with Gasteiger partial charge >= 0.3 is 5.97 Å². The van der Waals surface area contributed by atoms with Gasteiger partial charge in [-0.2, -0.15) is 5.10 Å². The lowest BCUT2D eigenvalue weighted by Gasteiger charge is -2.06. The third-order valence-corrected chi connectivity index (χ3v) is 3.12. The predicted molar refractivity (Wildman–Crippen MR) is 79.1 cm³/mol. The first-order valence-corrected chi connectivity index (χ1v) is 6.55. The molecule has 2 rings (SSSR count). The van der Waals surface area contributed by atoms with Gasteiger partial charge in [0.25, 0.3) is 0 Å². The molecule has 0 spiro atoms. The Morgan fingerprint density at radius 1 is 1.35 bits per heavy atom. The van der Waals surface area contributed by atoms with Crippen molar-refractivity contribution in [2.75, 3.05) is 0 Å². The first-order chi connectivity index (χ1) is 9.47. The maximum Gasteiger partial charge on any atom is 0.328 e. The van der Waals surface area contributed by atoms with Gasteiger partial charge in [-0.25, -0.2) is 9.48 Å². The summed E-state index contributed by atoms with van der Waals surface area (Å²) in [6, 6.07) is 7.85. The van der Waals surface area contributed by atoms with Crippen LogP contribution in [0.15, 0.2) is 36.5 Å². The summed E-state index contributed by atoms with van der Waals surface area (Å²) >= 11 is 0. The molecule has 4 heteroatoms. The molecule has 0 aliphatic rings. The zero-order valence-electron chi connectivity index (χ0n) is 11.9. The zero-order chi connectivity index (χ0) is 14.7. The van der Waals surface area contributed by atoms with E-state index in [1.165, 1.54) is 0 Å². The van der Waals surface area contributed by atoms with E-state index in [0.29, 0.717) is 5.92 Å². The van der Waals surface area contributed by atoms with Gasteiger partial charge in [-0.1, -0.05) is 19.9 Å². The van der Waals surface area contributed by atoms with E-state index in [4.69, 9.17) is 5.11 Å². The number of rotatable bonds is 4. The fraction of sp³-hybridized carbons (Fsp3) is 0.250. The average Bonchev–Trinajstić information content (AvgIpc) is 2.86. The van der Waals surface area contributed by atoms with Crippen molar-refractivity contribution in [3.63, 3.8) is 0 Å². The molecule has 0 bridgehead atoms. The maximum absolute atomic E-state index is 10.5. The Kier molecular flexibility index (Phi) is 4.03. The number of aryl methyl sites for hydroxylation is 1. The van der Waals surface area contributed by atoms with Crippen LogP contribution in [0.1, 0.15) is 36.6 Å². The highest BCUT2D eigenvalue weighted by Gasteiger charge is 2.05. The quantitative estimate of drug-likeness (QED) is 0.866. The second kappa shape index (κ2) is 5.74. The summed E-state index contributed by atoms with van der Waals surface area (Å²) in [5.41, 5.74) is 3.94. The highest BCUT2D eigenvalue weighted by molar-refractivity contribution is 5.85. The standard InChI is InChI=1S/C16H18N2O2/c1-11(2)15-8-9-18(17-15)14-6-4-13(12(3)10-14)5-7-16(19)20/h4-11H,1-3H3,(H,19,20). The van der Waals surface area contributed by atoms with E-state index in [1.807, 2.05) is 42.1 Å². The highest BCUT2D eigenvalue weighted by Crippen LogP contribution is 2.18. The van der Waals surface area contributed by atoms with Gasteiger partial charge in [0.05, 0.1) is 11.4 Å². The molecule has 20 heavy (non-hydrogen) atoms. The third kappa shape index (κ3) is 3.15. The molecule has 0 unspecified atom stereocenters. The Morgan fingerprint density at radius 3 is 2.65 bits per heavy atom. The Bertz CT molecular complexity index is 654. The number of hydrogen-bond acceptors (Lipinski definition) is 2. The number of carboxylic acids is 1. The largest absolute Gasteiger partial charge is 0.478 e. The summed E-state index contributed by atoms with van der Waals surface area (Å²) < 4.78 is 1.84. The van der Waals surface area contributed by atoms with E-state index < -0.39 is 5.97 Å². The van der Waals surface area contributed by atoms with Gasteiger partial charge < -0.3 is 5.11 Å². The minimum atomic E-state index is -0.942. The first kappa shape index (κ1) is 14.1. The highest BCUT2D eigenvalue weighted by atomic mass is 16.4. The van der Waals surface area contributed by atoms with Gasteiger partial charge in [-0.15, -0.1) is 0 Å². The summed E-state index contributed by atoms with van der Waals surface area (Å²) in [5.74, 6) is -0.544. The Labute approximate surface area is 118 Å². The number of carbonyl (C=O) groups is 1. The maximum atomic E-state index is 10.5. The molecule has 2 aromatic rings. The normalized spacial score (nSPS) is 11.4. The molecule has 1 N–H and O–H groups in total.